The zero-order valence-corrected chi connectivity index (χ0v) is 17.2. The molecule has 1 aromatic carbocycles. The molecule has 0 aromatic heterocycles. The van der Waals surface area contributed by atoms with Crippen LogP contribution in [-0.2, 0) is 11.3 Å². The first-order valence-corrected chi connectivity index (χ1v) is 10.3. The number of morpholine rings is 1. The number of hydrogen-bond donors (Lipinski definition) is 3. The normalized spacial score (nSPS) is 20.6. The number of methoxy groups -OCH3 is 1. The van der Waals surface area contributed by atoms with E-state index in [-0.39, 0.29) is 11.3 Å². The number of nitrogens with one attached hydrogen (secondary N) is 2. The van der Waals surface area contributed by atoms with Crippen LogP contribution in [0.1, 0.15) is 37.7 Å². The van der Waals surface area contributed by atoms with Gasteiger partial charge in [0.2, 0.25) is 0 Å². The molecular formula is C21H34N4O3. The van der Waals surface area contributed by atoms with Crippen molar-refractivity contribution in [3.8, 4) is 11.5 Å². The van der Waals surface area contributed by atoms with Crippen molar-refractivity contribution >= 4 is 5.96 Å². The molecule has 2 fully saturated rings. The van der Waals surface area contributed by atoms with Gasteiger partial charge in [-0.3, -0.25) is 9.89 Å². The lowest BCUT2D eigenvalue weighted by molar-refractivity contribution is -0.0352. The van der Waals surface area contributed by atoms with E-state index in [1.165, 1.54) is 32.1 Å². The van der Waals surface area contributed by atoms with Gasteiger partial charge >= 0.3 is 0 Å². The molecule has 1 saturated heterocycles. The Balaban J connectivity index is 1.60. The van der Waals surface area contributed by atoms with E-state index in [2.05, 4.69) is 20.5 Å². The number of benzene rings is 1. The van der Waals surface area contributed by atoms with Gasteiger partial charge in [0.1, 0.15) is 11.5 Å². The van der Waals surface area contributed by atoms with Crippen molar-refractivity contribution < 1.29 is 14.6 Å². The van der Waals surface area contributed by atoms with E-state index >= 15 is 0 Å². The Morgan fingerprint density at radius 3 is 2.64 bits per heavy atom. The van der Waals surface area contributed by atoms with Crippen molar-refractivity contribution in [1.82, 2.24) is 15.5 Å². The smallest absolute Gasteiger partial charge is 0.191 e. The van der Waals surface area contributed by atoms with Gasteiger partial charge in [-0.2, -0.15) is 0 Å². The molecule has 3 rings (SSSR count). The topological polar surface area (TPSA) is 78.4 Å². The van der Waals surface area contributed by atoms with Crippen molar-refractivity contribution in [2.24, 2.45) is 4.99 Å². The molecule has 2 aliphatic rings. The number of phenols is 1. The third-order valence-electron chi connectivity index (χ3n) is 6.01. The number of ether oxygens (including phenoxy) is 2. The molecule has 1 saturated carbocycles. The van der Waals surface area contributed by atoms with Gasteiger partial charge in [-0.1, -0.05) is 19.3 Å². The van der Waals surface area contributed by atoms with Crippen LogP contribution < -0.4 is 15.4 Å². The SMILES string of the molecule is CN=C(NCc1cc(OC)ccc1O)NCC1(N2CCOCC2)CCCCC1. The van der Waals surface area contributed by atoms with Crippen LogP contribution in [0.15, 0.2) is 23.2 Å². The van der Waals surface area contributed by atoms with Gasteiger partial charge in [0.05, 0.1) is 20.3 Å². The maximum atomic E-state index is 10.1. The summed E-state index contributed by atoms with van der Waals surface area (Å²) < 4.78 is 10.8. The highest BCUT2D eigenvalue weighted by atomic mass is 16.5. The van der Waals surface area contributed by atoms with Crippen LogP contribution >= 0.6 is 0 Å². The summed E-state index contributed by atoms with van der Waals surface area (Å²) in [6.45, 7) is 5.01. The van der Waals surface area contributed by atoms with Gasteiger partial charge in [0.15, 0.2) is 5.96 Å². The first-order valence-electron chi connectivity index (χ1n) is 10.3. The number of hydrogen-bond acceptors (Lipinski definition) is 5. The summed E-state index contributed by atoms with van der Waals surface area (Å²) in [7, 11) is 3.41. The Morgan fingerprint density at radius 2 is 1.96 bits per heavy atom. The molecule has 1 heterocycles. The Bertz CT molecular complexity index is 653. The first kappa shape index (κ1) is 20.7. The minimum absolute atomic E-state index is 0.178. The molecule has 1 aliphatic carbocycles. The molecule has 7 heteroatoms. The Morgan fingerprint density at radius 1 is 1.21 bits per heavy atom. The summed E-state index contributed by atoms with van der Waals surface area (Å²) in [5, 5.41) is 16.9. The fraction of sp³-hybridized carbons (Fsp3) is 0.667. The maximum Gasteiger partial charge on any atom is 0.191 e. The number of aromatic hydroxyl groups is 1. The molecule has 28 heavy (non-hydrogen) atoms. The van der Waals surface area contributed by atoms with E-state index in [0.717, 1.165) is 50.1 Å². The third-order valence-corrected chi connectivity index (χ3v) is 6.01. The highest BCUT2D eigenvalue weighted by Gasteiger charge is 2.38. The van der Waals surface area contributed by atoms with Crippen LogP contribution in [0.3, 0.4) is 0 Å². The minimum atomic E-state index is 0.178. The van der Waals surface area contributed by atoms with Gasteiger partial charge in [0, 0.05) is 44.3 Å². The molecule has 1 aromatic rings. The van der Waals surface area contributed by atoms with Crippen LogP contribution in [-0.4, -0.2) is 68.5 Å². The standard InChI is InChI=1S/C21H34N4O3/c1-22-20(23-15-17-14-18(27-2)6-7-19(17)26)24-16-21(8-4-3-5-9-21)25-10-12-28-13-11-25/h6-7,14,26H,3-5,8-13,15-16H2,1-2H3,(H2,22,23,24). The van der Waals surface area contributed by atoms with Crippen molar-refractivity contribution in [1.29, 1.82) is 0 Å². The quantitative estimate of drug-likeness (QED) is 0.510. The Kier molecular flexibility index (Phi) is 7.39. The molecule has 0 atom stereocenters. The molecule has 0 bridgehead atoms. The van der Waals surface area contributed by atoms with E-state index in [0.29, 0.717) is 6.54 Å². The fourth-order valence-corrected chi connectivity index (χ4v) is 4.33. The van der Waals surface area contributed by atoms with Crippen LogP contribution in [0.25, 0.3) is 0 Å². The highest BCUT2D eigenvalue weighted by molar-refractivity contribution is 5.79. The summed E-state index contributed by atoms with van der Waals surface area (Å²) in [4.78, 5) is 6.99. The average Bonchev–Trinajstić information content (AvgIpc) is 2.76. The van der Waals surface area contributed by atoms with Crippen LogP contribution in [0.4, 0.5) is 0 Å². The second-order valence-corrected chi connectivity index (χ2v) is 7.66. The summed E-state index contributed by atoms with van der Waals surface area (Å²) in [6, 6.07) is 5.24. The zero-order valence-electron chi connectivity index (χ0n) is 17.2. The number of phenolic OH excluding ortho intramolecular Hbond substituents is 1. The minimum Gasteiger partial charge on any atom is -0.508 e. The lowest BCUT2D eigenvalue weighted by Crippen LogP contribution is -2.60. The lowest BCUT2D eigenvalue weighted by Gasteiger charge is -2.48. The van der Waals surface area contributed by atoms with Gasteiger partial charge in [-0.05, 0) is 31.0 Å². The average molecular weight is 391 g/mol. The lowest BCUT2D eigenvalue weighted by atomic mass is 9.80. The summed E-state index contributed by atoms with van der Waals surface area (Å²) in [5.74, 6) is 1.73. The van der Waals surface area contributed by atoms with Crippen LogP contribution in [0.5, 0.6) is 11.5 Å². The largest absolute Gasteiger partial charge is 0.508 e. The Hall–Kier alpha value is -1.99. The number of rotatable bonds is 6. The monoisotopic (exact) mass is 390 g/mol. The molecule has 1 aliphatic heterocycles. The van der Waals surface area contributed by atoms with Gasteiger partial charge in [0.25, 0.3) is 0 Å². The van der Waals surface area contributed by atoms with Crippen molar-refractivity contribution in [2.45, 2.75) is 44.2 Å². The van der Waals surface area contributed by atoms with Crippen molar-refractivity contribution in [3.63, 3.8) is 0 Å². The molecule has 0 spiro atoms. The molecule has 0 amide bonds. The van der Waals surface area contributed by atoms with Crippen molar-refractivity contribution in [2.75, 3.05) is 47.0 Å². The number of nitrogens with zero attached hydrogens (tertiary/aromatic N) is 2. The van der Waals surface area contributed by atoms with Gasteiger partial charge in [-0.15, -0.1) is 0 Å². The number of guanidine groups is 1. The zero-order chi connectivity index (χ0) is 19.8. The van der Waals surface area contributed by atoms with Gasteiger partial charge in [-0.25, -0.2) is 0 Å². The van der Waals surface area contributed by atoms with Crippen LogP contribution in [0, 0.1) is 0 Å². The van der Waals surface area contributed by atoms with Gasteiger partial charge < -0.3 is 25.2 Å². The molecule has 156 valence electrons. The van der Waals surface area contributed by atoms with Crippen LogP contribution in [0.2, 0.25) is 0 Å². The fourth-order valence-electron chi connectivity index (χ4n) is 4.33. The third kappa shape index (κ3) is 5.08. The van der Waals surface area contributed by atoms with E-state index in [9.17, 15) is 5.11 Å². The number of aliphatic imine (C=N–C) groups is 1. The molecular weight excluding hydrogens is 356 g/mol. The van der Waals surface area contributed by atoms with Crippen molar-refractivity contribution in [3.05, 3.63) is 23.8 Å². The first-order chi connectivity index (χ1) is 13.7. The second kappa shape index (κ2) is 9.98. The van der Waals surface area contributed by atoms with E-state index in [4.69, 9.17) is 9.47 Å². The Labute approximate surface area is 168 Å². The summed E-state index contributed by atoms with van der Waals surface area (Å²) >= 11 is 0. The van der Waals surface area contributed by atoms with E-state index in [1.807, 2.05) is 6.07 Å². The molecule has 0 radical (unpaired) electrons. The highest BCUT2D eigenvalue weighted by Crippen LogP contribution is 2.33. The summed E-state index contributed by atoms with van der Waals surface area (Å²) in [6.07, 6.45) is 6.32. The predicted molar refractivity (Wildman–Crippen MR) is 111 cm³/mol. The predicted octanol–water partition coefficient (Wildman–Crippen LogP) is 2.10. The van der Waals surface area contributed by atoms with E-state index < -0.39 is 0 Å². The van der Waals surface area contributed by atoms with E-state index in [1.54, 1.807) is 26.3 Å². The molecule has 0 unspecified atom stereocenters. The second-order valence-electron chi connectivity index (χ2n) is 7.66. The molecule has 3 N–H and O–H groups in total. The summed E-state index contributed by atoms with van der Waals surface area (Å²) in [5.41, 5.74) is 0.959. The molecule has 7 nitrogen and oxygen atoms in total. The maximum absolute atomic E-state index is 10.1.